The van der Waals surface area contributed by atoms with Gasteiger partial charge in [0, 0.05) is 25.5 Å². The van der Waals surface area contributed by atoms with Gasteiger partial charge in [0.05, 0.1) is 5.56 Å². The van der Waals surface area contributed by atoms with E-state index in [4.69, 9.17) is 0 Å². The third-order valence-corrected chi connectivity index (χ3v) is 8.03. The van der Waals surface area contributed by atoms with E-state index in [9.17, 15) is 18.3 Å². The van der Waals surface area contributed by atoms with E-state index in [1.807, 2.05) is 43.0 Å². The molecule has 0 saturated heterocycles. The van der Waals surface area contributed by atoms with Crippen LogP contribution in [0.1, 0.15) is 75.3 Å². The van der Waals surface area contributed by atoms with Gasteiger partial charge in [-0.05, 0) is 78.7 Å². The molecule has 0 aliphatic heterocycles. The average molecular weight is 542 g/mol. The van der Waals surface area contributed by atoms with Crippen LogP contribution in [0.2, 0.25) is 0 Å². The van der Waals surface area contributed by atoms with Crippen molar-refractivity contribution in [3.63, 3.8) is 0 Å². The molecule has 2 aromatic carbocycles. The third kappa shape index (κ3) is 8.70. The van der Waals surface area contributed by atoms with E-state index in [-0.39, 0.29) is 0 Å². The summed E-state index contributed by atoms with van der Waals surface area (Å²) < 4.78 is 39.3. The van der Waals surface area contributed by atoms with Crippen LogP contribution in [0.5, 0.6) is 5.75 Å². The molecule has 1 fully saturated rings. The molecule has 0 radical (unpaired) electrons. The molecule has 1 N–H and O–H groups in total. The lowest BCUT2D eigenvalue weighted by Crippen LogP contribution is -2.27. The van der Waals surface area contributed by atoms with Crippen LogP contribution < -0.4 is 4.90 Å². The largest absolute Gasteiger partial charge is 0.507 e. The zero-order valence-corrected chi connectivity index (χ0v) is 24.0. The second kappa shape index (κ2) is 12.8. The second-order valence-corrected chi connectivity index (χ2v) is 11.5. The first-order chi connectivity index (χ1) is 18.3. The van der Waals surface area contributed by atoms with E-state index >= 15 is 0 Å². The Morgan fingerprint density at radius 3 is 2.03 bits per heavy atom. The van der Waals surface area contributed by atoms with Crippen LogP contribution in [0.25, 0.3) is 0 Å². The number of halogens is 3. The van der Waals surface area contributed by atoms with Crippen LogP contribution >= 0.6 is 0 Å². The van der Waals surface area contributed by atoms with Crippen molar-refractivity contribution < 1.29 is 18.3 Å². The van der Waals surface area contributed by atoms with E-state index in [2.05, 4.69) is 37.7 Å². The highest BCUT2D eigenvalue weighted by atomic mass is 19.4. The topological polar surface area (TPSA) is 49.2 Å². The maximum atomic E-state index is 13.1. The summed E-state index contributed by atoms with van der Waals surface area (Å²) >= 11 is 0. The number of alkyl halides is 3. The minimum Gasteiger partial charge on any atom is -0.507 e. The van der Waals surface area contributed by atoms with Crippen molar-refractivity contribution in [2.45, 2.75) is 79.9 Å². The Labute approximate surface area is 231 Å². The van der Waals surface area contributed by atoms with Crippen molar-refractivity contribution in [2.24, 2.45) is 17.3 Å². The molecule has 39 heavy (non-hydrogen) atoms. The lowest BCUT2D eigenvalue weighted by Gasteiger charge is -2.28. The van der Waals surface area contributed by atoms with Gasteiger partial charge in [-0.25, -0.2) is 9.97 Å². The highest BCUT2D eigenvalue weighted by Crippen LogP contribution is 2.49. The fraction of sp³-hybridized carbons (Fsp3) is 0.500. The molecule has 1 aliphatic rings. The van der Waals surface area contributed by atoms with Gasteiger partial charge in [-0.3, -0.25) is 0 Å². The van der Waals surface area contributed by atoms with E-state index in [0.29, 0.717) is 36.4 Å². The molecular weight excluding hydrogens is 499 g/mol. The molecule has 3 aromatic rings. The molecule has 4 nitrogen and oxygen atoms in total. The zero-order valence-electron chi connectivity index (χ0n) is 24.0. The number of rotatable bonds is 9. The number of hydrogen-bond acceptors (Lipinski definition) is 4. The van der Waals surface area contributed by atoms with E-state index in [0.717, 1.165) is 47.1 Å². The standard InChI is InChI=1S/C23H24F3N3O.C9H18/c1-3-17-13-27-22(28-14-17)29(15-19-6-4-16(2)5-7-19)11-10-18-8-9-21(30)20(12-18)23(24,25)26;1-7(2)9(3,4)8-5-6-8/h4-9,12-14,30H,3,10-11,15H2,1-2H3;7-8H,5-6H2,1-4H3. The minimum absolute atomic E-state index is 0.355. The Bertz CT molecular complexity index is 1180. The lowest BCUT2D eigenvalue weighted by molar-refractivity contribution is -0.138. The highest BCUT2D eigenvalue weighted by molar-refractivity contribution is 5.39. The molecule has 1 aliphatic carbocycles. The van der Waals surface area contributed by atoms with Crippen LogP contribution in [-0.2, 0) is 25.6 Å². The Balaban J connectivity index is 0.000000395. The fourth-order valence-corrected chi connectivity index (χ4v) is 4.39. The number of aryl methyl sites for hydroxylation is 2. The summed E-state index contributed by atoms with van der Waals surface area (Å²) in [4.78, 5) is 10.8. The first-order valence-corrected chi connectivity index (χ1v) is 13.8. The Morgan fingerprint density at radius 2 is 1.54 bits per heavy atom. The molecule has 4 rings (SSSR count). The molecule has 1 saturated carbocycles. The zero-order chi connectivity index (χ0) is 28.8. The van der Waals surface area contributed by atoms with Gasteiger partial charge in [0.1, 0.15) is 5.75 Å². The van der Waals surface area contributed by atoms with E-state index in [1.165, 1.54) is 18.9 Å². The smallest absolute Gasteiger partial charge is 0.419 e. The predicted octanol–water partition coefficient (Wildman–Crippen LogP) is 8.40. The third-order valence-electron chi connectivity index (χ3n) is 8.03. The monoisotopic (exact) mass is 541 g/mol. The first kappa shape index (κ1) is 30.5. The van der Waals surface area contributed by atoms with E-state index in [1.54, 1.807) is 12.4 Å². The highest BCUT2D eigenvalue weighted by Gasteiger charge is 2.39. The van der Waals surface area contributed by atoms with E-state index < -0.39 is 17.5 Å². The average Bonchev–Trinajstić information content (AvgIpc) is 3.75. The number of nitrogens with zero attached hydrogens (tertiary/aromatic N) is 3. The normalized spacial score (nSPS) is 13.7. The molecule has 1 aromatic heterocycles. The van der Waals surface area contributed by atoms with Crippen LogP contribution in [0.3, 0.4) is 0 Å². The fourth-order valence-electron chi connectivity index (χ4n) is 4.39. The number of aromatic nitrogens is 2. The lowest BCUT2D eigenvalue weighted by atomic mass is 9.77. The van der Waals surface area contributed by atoms with Gasteiger partial charge in [0.15, 0.2) is 0 Å². The number of aromatic hydroxyl groups is 1. The first-order valence-electron chi connectivity index (χ1n) is 13.8. The van der Waals surface area contributed by atoms with Gasteiger partial charge in [-0.2, -0.15) is 13.2 Å². The molecule has 0 bridgehead atoms. The van der Waals surface area contributed by atoms with Gasteiger partial charge in [0.25, 0.3) is 0 Å². The number of hydrogen-bond donors (Lipinski definition) is 1. The Kier molecular flexibility index (Phi) is 10.0. The maximum absolute atomic E-state index is 13.1. The Morgan fingerprint density at radius 1 is 0.949 bits per heavy atom. The molecule has 0 amide bonds. The van der Waals surface area contributed by atoms with Crippen molar-refractivity contribution in [3.8, 4) is 5.75 Å². The summed E-state index contributed by atoms with van der Waals surface area (Å²) in [5, 5.41) is 9.54. The molecule has 0 unspecified atom stereocenters. The predicted molar refractivity (Wildman–Crippen MR) is 152 cm³/mol. The molecule has 212 valence electrons. The van der Waals surface area contributed by atoms with Crippen molar-refractivity contribution in [2.75, 3.05) is 11.4 Å². The Hall–Kier alpha value is -3.09. The maximum Gasteiger partial charge on any atom is 0.419 e. The second-order valence-electron chi connectivity index (χ2n) is 11.5. The summed E-state index contributed by atoms with van der Waals surface area (Å²) in [6.45, 7) is 14.5. The number of phenols is 1. The summed E-state index contributed by atoms with van der Waals surface area (Å²) in [7, 11) is 0. The van der Waals surface area contributed by atoms with Crippen LogP contribution in [0.4, 0.5) is 19.1 Å². The van der Waals surface area contributed by atoms with Gasteiger partial charge < -0.3 is 10.0 Å². The minimum atomic E-state index is -4.60. The van der Waals surface area contributed by atoms with Crippen molar-refractivity contribution in [1.82, 2.24) is 9.97 Å². The van der Waals surface area contributed by atoms with Gasteiger partial charge in [-0.1, -0.05) is 70.5 Å². The van der Waals surface area contributed by atoms with Crippen molar-refractivity contribution in [3.05, 3.63) is 82.7 Å². The quantitative estimate of drug-likeness (QED) is 0.295. The summed E-state index contributed by atoms with van der Waals surface area (Å²) in [5.74, 6) is 1.66. The van der Waals surface area contributed by atoms with Gasteiger partial charge in [0.2, 0.25) is 5.95 Å². The van der Waals surface area contributed by atoms with Gasteiger partial charge >= 0.3 is 6.18 Å². The summed E-state index contributed by atoms with van der Waals surface area (Å²) in [5.41, 5.74) is 3.30. The molecule has 0 atom stereocenters. The molecule has 7 heteroatoms. The summed E-state index contributed by atoms with van der Waals surface area (Å²) in [6, 6.07) is 11.7. The molecule has 0 spiro atoms. The summed E-state index contributed by atoms with van der Waals surface area (Å²) in [6.07, 6.45) is 3.08. The molecular formula is C32H42F3N3O. The molecule has 1 heterocycles. The van der Waals surface area contributed by atoms with Crippen LogP contribution in [0.15, 0.2) is 54.9 Å². The van der Waals surface area contributed by atoms with Crippen molar-refractivity contribution in [1.29, 1.82) is 0 Å². The number of benzene rings is 2. The van der Waals surface area contributed by atoms with Crippen LogP contribution in [0, 0.1) is 24.2 Å². The number of anilines is 1. The van der Waals surface area contributed by atoms with Crippen molar-refractivity contribution >= 4 is 5.95 Å². The van der Waals surface area contributed by atoms with Gasteiger partial charge in [-0.15, -0.1) is 0 Å². The number of phenolic OH excluding ortho intramolecular Hbond substituents is 1. The van der Waals surface area contributed by atoms with Crippen LogP contribution in [-0.4, -0.2) is 21.6 Å². The SMILES string of the molecule is CC(C)C(C)(C)C1CC1.CCc1cnc(N(CCc2ccc(O)c(C(F)(F)F)c2)Cc2ccc(C)cc2)nc1.